The molecule has 0 saturated carbocycles. The number of benzene rings is 1. The van der Waals surface area contributed by atoms with Gasteiger partial charge in [0.15, 0.2) is 0 Å². The fraction of sp³-hybridized carbons (Fsp3) is 0.462. The second-order valence-electron chi connectivity index (χ2n) is 4.41. The molecule has 2 rings (SSSR count). The van der Waals surface area contributed by atoms with Gasteiger partial charge in [0.25, 0.3) is 0 Å². The van der Waals surface area contributed by atoms with Crippen molar-refractivity contribution in [2.45, 2.75) is 25.8 Å². The molecule has 0 aliphatic carbocycles. The van der Waals surface area contributed by atoms with Crippen LogP contribution in [0.5, 0.6) is 5.75 Å². The molecule has 86 valence electrons. The summed E-state index contributed by atoms with van der Waals surface area (Å²) in [5.41, 5.74) is 1.24. The molecule has 0 bridgehead atoms. The summed E-state index contributed by atoms with van der Waals surface area (Å²) in [6.07, 6.45) is 1.55. The van der Waals surface area contributed by atoms with E-state index in [1.807, 2.05) is 12.1 Å². The van der Waals surface area contributed by atoms with Crippen LogP contribution < -0.4 is 10.1 Å². The van der Waals surface area contributed by atoms with Crippen LogP contribution in [0.4, 0.5) is 0 Å². The Hall–Kier alpha value is -1.51. The third-order valence-electron chi connectivity index (χ3n) is 3.16. The lowest BCUT2D eigenvalue weighted by Crippen LogP contribution is -2.30. The van der Waals surface area contributed by atoms with Crippen molar-refractivity contribution in [1.82, 2.24) is 5.32 Å². The van der Waals surface area contributed by atoms with Gasteiger partial charge in [-0.15, -0.1) is 0 Å². The molecule has 2 unspecified atom stereocenters. The molecule has 16 heavy (non-hydrogen) atoms. The van der Waals surface area contributed by atoms with Crippen LogP contribution in [0.3, 0.4) is 0 Å². The van der Waals surface area contributed by atoms with Crippen LogP contribution >= 0.6 is 0 Å². The van der Waals surface area contributed by atoms with E-state index in [4.69, 9.17) is 4.74 Å². The highest BCUT2D eigenvalue weighted by Gasteiger charge is 2.28. The van der Waals surface area contributed by atoms with Gasteiger partial charge < -0.3 is 10.1 Å². The van der Waals surface area contributed by atoms with E-state index in [1.165, 1.54) is 5.56 Å². The molecule has 3 heteroatoms. The summed E-state index contributed by atoms with van der Waals surface area (Å²) in [6.45, 7) is 2.12. The fourth-order valence-electron chi connectivity index (χ4n) is 2.11. The molecule has 1 aromatic carbocycles. The molecule has 3 nitrogen and oxygen atoms in total. The standard InChI is InChI=1S/C13H17NO2/c1-9-7-13(15)14-12(9)8-10-3-5-11(16-2)6-4-10/h3-6,9,12H,7-8H2,1-2H3,(H,14,15). The van der Waals surface area contributed by atoms with E-state index in [2.05, 4.69) is 24.4 Å². The van der Waals surface area contributed by atoms with Gasteiger partial charge in [-0.2, -0.15) is 0 Å². The summed E-state index contributed by atoms with van der Waals surface area (Å²) in [5, 5.41) is 3.01. The number of carbonyl (C=O) groups is 1. The number of carbonyl (C=O) groups excluding carboxylic acids is 1. The largest absolute Gasteiger partial charge is 0.497 e. The van der Waals surface area contributed by atoms with Crippen LogP contribution in [0.1, 0.15) is 18.9 Å². The lowest BCUT2D eigenvalue weighted by atomic mass is 9.96. The van der Waals surface area contributed by atoms with Crippen LogP contribution in [-0.2, 0) is 11.2 Å². The first kappa shape index (κ1) is 11.0. The first-order valence-electron chi connectivity index (χ1n) is 5.61. The molecule has 2 atom stereocenters. The van der Waals surface area contributed by atoms with Crippen molar-refractivity contribution in [2.24, 2.45) is 5.92 Å². The maximum Gasteiger partial charge on any atom is 0.220 e. The van der Waals surface area contributed by atoms with Crippen molar-refractivity contribution in [3.05, 3.63) is 29.8 Å². The number of hydrogen-bond acceptors (Lipinski definition) is 2. The molecule has 1 saturated heterocycles. The smallest absolute Gasteiger partial charge is 0.220 e. The summed E-state index contributed by atoms with van der Waals surface area (Å²) in [4.78, 5) is 11.2. The van der Waals surface area contributed by atoms with E-state index in [-0.39, 0.29) is 11.9 Å². The van der Waals surface area contributed by atoms with Gasteiger partial charge in [0.2, 0.25) is 5.91 Å². The Morgan fingerprint density at radius 1 is 1.38 bits per heavy atom. The minimum atomic E-state index is 0.172. The average Bonchev–Trinajstić information content (AvgIpc) is 2.59. The highest BCUT2D eigenvalue weighted by molar-refractivity contribution is 5.79. The summed E-state index contributed by atoms with van der Waals surface area (Å²) in [7, 11) is 1.66. The van der Waals surface area contributed by atoms with Crippen molar-refractivity contribution in [3.63, 3.8) is 0 Å². The molecule has 1 N–H and O–H groups in total. The topological polar surface area (TPSA) is 38.3 Å². The van der Waals surface area contributed by atoms with E-state index < -0.39 is 0 Å². The second-order valence-corrected chi connectivity index (χ2v) is 4.41. The lowest BCUT2D eigenvalue weighted by Gasteiger charge is -2.15. The highest BCUT2D eigenvalue weighted by atomic mass is 16.5. The van der Waals surface area contributed by atoms with Crippen molar-refractivity contribution in [1.29, 1.82) is 0 Å². The number of ether oxygens (including phenoxy) is 1. The van der Waals surface area contributed by atoms with E-state index in [9.17, 15) is 4.79 Å². The molecular formula is C13H17NO2. The second kappa shape index (κ2) is 4.56. The fourth-order valence-corrected chi connectivity index (χ4v) is 2.11. The normalized spacial score (nSPS) is 24.2. The molecule has 1 fully saturated rings. The molecule has 1 aliphatic heterocycles. The first-order chi connectivity index (χ1) is 7.69. The van der Waals surface area contributed by atoms with Crippen LogP contribution in [0.25, 0.3) is 0 Å². The summed E-state index contributed by atoms with van der Waals surface area (Å²) in [5.74, 6) is 1.47. The van der Waals surface area contributed by atoms with Gasteiger partial charge in [-0.25, -0.2) is 0 Å². The van der Waals surface area contributed by atoms with Crippen LogP contribution in [-0.4, -0.2) is 19.1 Å². The number of hydrogen-bond donors (Lipinski definition) is 1. The van der Waals surface area contributed by atoms with Crippen molar-refractivity contribution >= 4 is 5.91 Å². The Bertz CT molecular complexity index is 372. The van der Waals surface area contributed by atoms with Gasteiger partial charge in [0.1, 0.15) is 5.75 Å². The maximum atomic E-state index is 11.2. The zero-order valence-electron chi connectivity index (χ0n) is 9.69. The summed E-state index contributed by atoms with van der Waals surface area (Å²) >= 11 is 0. The third kappa shape index (κ3) is 2.35. The zero-order valence-corrected chi connectivity index (χ0v) is 9.69. The van der Waals surface area contributed by atoms with Gasteiger partial charge in [-0.3, -0.25) is 4.79 Å². The molecule has 0 radical (unpaired) electrons. The maximum absolute atomic E-state index is 11.2. The van der Waals surface area contributed by atoms with E-state index in [0.29, 0.717) is 12.3 Å². The summed E-state index contributed by atoms with van der Waals surface area (Å²) in [6, 6.07) is 8.29. The number of amides is 1. The Labute approximate surface area is 95.8 Å². The van der Waals surface area contributed by atoms with E-state index in [1.54, 1.807) is 7.11 Å². The highest BCUT2D eigenvalue weighted by Crippen LogP contribution is 2.20. The van der Waals surface area contributed by atoms with E-state index >= 15 is 0 Å². The predicted molar refractivity (Wildman–Crippen MR) is 62.4 cm³/mol. The van der Waals surface area contributed by atoms with Crippen LogP contribution in [0.15, 0.2) is 24.3 Å². The Kier molecular flexibility index (Phi) is 3.13. The predicted octanol–water partition coefficient (Wildman–Crippen LogP) is 1.76. The molecular weight excluding hydrogens is 202 g/mol. The zero-order chi connectivity index (χ0) is 11.5. The molecule has 1 amide bonds. The number of nitrogens with one attached hydrogen (secondary N) is 1. The van der Waals surface area contributed by atoms with Crippen molar-refractivity contribution in [2.75, 3.05) is 7.11 Å². The minimum Gasteiger partial charge on any atom is -0.497 e. The van der Waals surface area contributed by atoms with Crippen molar-refractivity contribution < 1.29 is 9.53 Å². The van der Waals surface area contributed by atoms with E-state index in [0.717, 1.165) is 12.2 Å². The average molecular weight is 219 g/mol. The Balaban J connectivity index is 2.00. The van der Waals surface area contributed by atoms with Gasteiger partial charge in [-0.05, 0) is 30.0 Å². The van der Waals surface area contributed by atoms with Gasteiger partial charge in [0, 0.05) is 12.5 Å². The van der Waals surface area contributed by atoms with Gasteiger partial charge in [-0.1, -0.05) is 19.1 Å². The Morgan fingerprint density at radius 2 is 2.06 bits per heavy atom. The molecule has 1 heterocycles. The van der Waals surface area contributed by atoms with Crippen LogP contribution in [0, 0.1) is 5.92 Å². The molecule has 1 aliphatic rings. The quantitative estimate of drug-likeness (QED) is 0.841. The monoisotopic (exact) mass is 219 g/mol. The third-order valence-corrected chi connectivity index (χ3v) is 3.16. The van der Waals surface area contributed by atoms with Crippen molar-refractivity contribution in [3.8, 4) is 5.75 Å². The van der Waals surface area contributed by atoms with Gasteiger partial charge in [0.05, 0.1) is 7.11 Å². The lowest BCUT2D eigenvalue weighted by molar-refractivity contribution is -0.119. The summed E-state index contributed by atoms with van der Waals surface area (Å²) < 4.78 is 5.11. The Morgan fingerprint density at radius 3 is 2.56 bits per heavy atom. The molecule has 0 aromatic heterocycles. The molecule has 1 aromatic rings. The SMILES string of the molecule is COc1ccc(CC2NC(=O)CC2C)cc1. The molecule has 0 spiro atoms. The minimum absolute atomic E-state index is 0.172. The van der Waals surface area contributed by atoms with Gasteiger partial charge >= 0.3 is 0 Å². The number of rotatable bonds is 3. The first-order valence-corrected chi connectivity index (χ1v) is 5.61. The number of methoxy groups -OCH3 is 1. The van der Waals surface area contributed by atoms with Crippen LogP contribution in [0.2, 0.25) is 0 Å².